The summed E-state index contributed by atoms with van der Waals surface area (Å²) in [4.78, 5) is 34.2. The van der Waals surface area contributed by atoms with Crippen molar-refractivity contribution in [2.75, 3.05) is 31.6 Å². The highest BCUT2D eigenvalue weighted by molar-refractivity contribution is 5.30. The third-order valence-electron chi connectivity index (χ3n) is 4.49. The normalized spacial score (nSPS) is 14.6. The first-order valence-electron chi connectivity index (χ1n) is 9.39. The van der Waals surface area contributed by atoms with E-state index in [2.05, 4.69) is 25.2 Å². The van der Waals surface area contributed by atoms with Crippen LogP contribution in [0, 0.1) is 10.1 Å². The van der Waals surface area contributed by atoms with Crippen molar-refractivity contribution in [2.45, 2.75) is 32.2 Å². The van der Waals surface area contributed by atoms with Gasteiger partial charge in [-0.3, -0.25) is 24.8 Å². The maximum absolute atomic E-state index is 11.5. The van der Waals surface area contributed by atoms with E-state index in [1.54, 1.807) is 6.20 Å². The number of nitrogens with one attached hydrogen (secondary N) is 2. The Labute approximate surface area is 162 Å². The van der Waals surface area contributed by atoms with E-state index >= 15 is 0 Å². The number of ether oxygens (including phenoxy) is 1. The summed E-state index contributed by atoms with van der Waals surface area (Å²) in [5, 5.41) is 13.5. The largest absolute Gasteiger partial charge is 0.478 e. The highest BCUT2D eigenvalue weighted by atomic mass is 16.6. The van der Waals surface area contributed by atoms with Crippen LogP contribution in [0.25, 0.3) is 0 Å². The number of nitrogens with zero attached hydrogens (tertiary/aromatic N) is 4. The standard InChI is InChI=1S/C18H24N6O4/c25-17-15(24(26)27)12-21-18(22-17)20-6-4-10-28-16-11-14(5-7-19-16)13-23-8-2-1-3-9-23/h5,7,11-12H,1-4,6,8-10,13H2,(H2,20,21,22,25). The van der Waals surface area contributed by atoms with E-state index in [-0.39, 0.29) is 5.95 Å². The number of hydrogen-bond acceptors (Lipinski definition) is 8. The van der Waals surface area contributed by atoms with Crippen LogP contribution in [0.4, 0.5) is 11.6 Å². The molecule has 150 valence electrons. The molecule has 0 saturated carbocycles. The van der Waals surface area contributed by atoms with E-state index in [0.717, 1.165) is 25.8 Å². The summed E-state index contributed by atoms with van der Waals surface area (Å²) in [6.07, 6.45) is 7.19. The molecule has 2 aromatic heterocycles. The molecule has 1 aliphatic heterocycles. The molecule has 2 N–H and O–H groups in total. The predicted molar refractivity (Wildman–Crippen MR) is 103 cm³/mol. The van der Waals surface area contributed by atoms with Gasteiger partial charge >= 0.3 is 11.2 Å². The monoisotopic (exact) mass is 388 g/mol. The number of rotatable bonds is 9. The number of H-pyrrole nitrogens is 1. The summed E-state index contributed by atoms with van der Waals surface area (Å²) in [5.41, 5.74) is -0.171. The van der Waals surface area contributed by atoms with Gasteiger partial charge in [-0.1, -0.05) is 6.42 Å². The van der Waals surface area contributed by atoms with E-state index in [4.69, 9.17) is 4.74 Å². The average Bonchev–Trinajstić information content (AvgIpc) is 2.68. The molecule has 0 aromatic carbocycles. The van der Waals surface area contributed by atoms with Gasteiger partial charge in [0.25, 0.3) is 0 Å². The lowest BCUT2D eigenvalue weighted by atomic mass is 10.1. The zero-order valence-electron chi connectivity index (χ0n) is 15.6. The Hall–Kier alpha value is -3.01. The second kappa shape index (κ2) is 9.79. The molecule has 0 aliphatic carbocycles. The van der Waals surface area contributed by atoms with Gasteiger partial charge in [-0.05, 0) is 44.0 Å². The molecule has 0 unspecified atom stereocenters. The molecule has 3 heterocycles. The quantitative estimate of drug-likeness (QED) is 0.379. The third kappa shape index (κ3) is 5.74. The molecule has 1 fully saturated rings. The number of anilines is 1. The molecule has 0 spiro atoms. The van der Waals surface area contributed by atoms with Crippen molar-refractivity contribution in [1.29, 1.82) is 0 Å². The number of piperidine rings is 1. The minimum Gasteiger partial charge on any atom is -0.478 e. The number of aromatic amines is 1. The van der Waals surface area contributed by atoms with Crippen molar-refractivity contribution in [3.05, 3.63) is 50.6 Å². The van der Waals surface area contributed by atoms with Crippen molar-refractivity contribution in [2.24, 2.45) is 0 Å². The topological polar surface area (TPSA) is 126 Å². The number of hydrogen-bond donors (Lipinski definition) is 2. The summed E-state index contributed by atoms with van der Waals surface area (Å²) in [6.45, 7) is 4.14. The van der Waals surface area contributed by atoms with Crippen LogP contribution < -0.4 is 15.6 Å². The van der Waals surface area contributed by atoms with Gasteiger partial charge in [-0.25, -0.2) is 9.97 Å². The molecule has 1 saturated heterocycles. The summed E-state index contributed by atoms with van der Waals surface area (Å²) in [7, 11) is 0. The van der Waals surface area contributed by atoms with Crippen LogP contribution in [-0.4, -0.2) is 51.0 Å². The number of nitro groups is 1. The summed E-state index contributed by atoms with van der Waals surface area (Å²) >= 11 is 0. The second-order valence-electron chi connectivity index (χ2n) is 6.67. The van der Waals surface area contributed by atoms with Gasteiger partial charge in [0.2, 0.25) is 11.8 Å². The SMILES string of the molecule is O=c1[nH]c(NCCCOc2cc(CN3CCCCC3)ccn2)ncc1[N+](=O)[O-]. The molecular formula is C18H24N6O4. The van der Waals surface area contributed by atoms with E-state index in [1.165, 1.54) is 24.8 Å². The number of likely N-dealkylation sites (tertiary alicyclic amines) is 1. The van der Waals surface area contributed by atoms with Crippen LogP contribution in [0.15, 0.2) is 29.3 Å². The molecule has 3 rings (SSSR count). The highest BCUT2D eigenvalue weighted by Crippen LogP contribution is 2.15. The van der Waals surface area contributed by atoms with Gasteiger partial charge in [0.1, 0.15) is 6.20 Å². The summed E-state index contributed by atoms with van der Waals surface area (Å²) < 4.78 is 5.70. The summed E-state index contributed by atoms with van der Waals surface area (Å²) in [5.74, 6) is 0.786. The molecule has 0 radical (unpaired) electrons. The molecule has 10 heteroatoms. The number of pyridine rings is 1. The Morgan fingerprint density at radius 1 is 1.29 bits per heavy atom. The van der Waals surface area contributed by atoms with Crippen LogP contribution in [0.2, 0.25) is 0 Å². The fraction of sp³-hybridized carbons (Fsp3) is 0.500. The van der Waals surface area contributed by atoms with Crippen LogP contribution in [0.1, 0.15) is 31.2 Å². The molecule has 28 heavy (non-hydrogen) atoms. The Bertz CT molecular complexity index is 850. The lowest BCUT2D eigenvalue weighted by Gasteiger charge is -2.26. The fourth-order valence-electron chi connectivity index (χ4n) is 3.07. The lowest BCUT2D eigenvalue weighted by Crippen LogP contribution is -2.29. The van der Waals surface area contributed by atoms with Crippen molar-refractivity contribution < 1.29 is 9.66 Å². The van der Waals surface area contributed by atoms with Gasteiger partial charge in [0.05, 0.1) is 11.5 Å². The Morgan fingerprint density at radius 2 is 2.11 bits per heavy atom. The minimum absolute atomic E-state index is 0.192. The second-order valence-corrected chi connectivity index (χ2v) is 6.67. The molecule has 0 amide bonds. The molecule has 0 atom stereocenters. The van der Waals surface area contributed by atoms with Gasteiger partial charge in [0.15, 0.2) is 0 Å². The first-order chi connectivity index (χ1) is 13.6. The van der Waals surface area contributed by atoms with Crippen molar-refractivity contribution in [3.8, 4) is 5.88 Å². The average molecular weight is 388 g/mol. The predicted octanol–water partition coefficient (Wildman–Crippen LogP) is 1.94. The van der Waals surface area contributed by atoms with Crippen LogP contribution in [0.3, 0.4) is 0 Å². The minimum atomic E-state index is -0.784. The molecular weight excluding hydrogens is 364 g/mol. The Morgan fingerprint density at radius 3 is 2.86 bits per heavy atom. The maximum atomic E-state index is 11.5. The van der Waals surface area contributed by atoms with Gasteiger partial charge in [-0.15, -0.1) is 0 Å². The first-order valence-corrected chi connectivity index (χ1v) is 9.39. The lowest BCUT2D eigenvalue weighted by molar-refractivity contribution is -0.386. The van der Waals surface area contributed by atoms with E-state index in [9.17, 15) is 14.9 Å². The Kier molecular flexibility index (Phi) is 6.90. The molecule has 0 bridgehead atoms. The van der Waals surface area contributed by atoms with Crippen molar-refractivity contribution >= 4 is 11.6 Å². The molecule has 2 aromatic rings. The van der Waals surface area contributed by atoms with E-state index < -0.39 is 16.2 Å². The third-order valence-corrected chi connectivity index (χ3v) is 4.49. The molecule has 10 nitrogen and oxygen atoms in total. The van der Waals surface area contributed by atoms with Crippen LogP contribution in [0.5, 0.6) is 5.88 Å². The van der Waals surface area contributed by atoms with Crippen molar-refractivity contribution in [3.63, 3.8) is 0 Å². The fourth-order valence-corrected chi connectivity index (χ4v) is 3.07. The van der Waals surface area contributed by atoms with Crippen LogP contribution >= 0.6 is 0 Å². The first kappa shape index (κ1) is 19.7. The van der Waals surface area contributed by atoms with Crippen molar-refractivity contribution in [1.82, 2.24) is 19.9 Å². The Balaban J connectivity index is 1.40. The molecule has 1 aliphatic rings. The van der Waals surface area contributed by atoms with E-state index in [0.29, 0.717) is 25.5 Å². The van der Waals surface area contributed by atoms with Crippen LogP contribution in [-0.2, 0) is 6.54 Å². The number of aromatic nitrogens is 3. The van der Waals surface area contributed by atoms with E-state index in [1.807, 2.05) is 12.1 Å². The zero-order valence-corrected chi connectivity index (χ0v) is 15.6. The summed E-state index contributed by atoms with van der Waals surface area (Å²) in [6, 6.07) is 3.98. The smallest absolute Gasteiger partial charge is 0.352 e. The van der Waals surface area contributed by atoms with Gasteiger partial charge < -0.3 is 10.1 Å². The highest BCUT2D eigenvalue weighted by Gasteiger charge is 2.13. The maximum Gasteiger partial charge on any atom is 0.352 e. The zero-order chi connectivity index (χ0) is 19.8. The van der Waals surface area contributed by atoms with Gasteiger partial charge in [-0.2, -0.15) is 0 Å². The van der Waals surface area contributed by atoms with Gasteiger partial charge in [0, 0.05) is 25.4 Å².